The van der Waals surface area contributed by atoms with E-state index in [1.807, 2.05) is 0 Å². The molecule has 0 saturated heterocycles. The standard InChI is InChI=1S/C12H24NO2.CH3NO.K/c1-11(2,3)10(12(4,5)6)15-9(14)7-8-13;2-1-3;/h10,13H,7-8H2,1-6H3;1H,(H2,2,3);/q-1;;+1/p-1/i;1T;. The van der Waals surface area contributed by atoms with Gasteiger partial charge in [0.2, 0.25) is 0 Å². The number of hydrogen-bond acceptors (Lipinski definition) is 3. The maximum atomic E-state index is 11.4. The summed E-state index contributed by atoms with van der Waals surface area (Å²) >= 11 is 0. The average molecular weight is 299 g/mol. The van der Waals surface area contributed by atoms with Crippen molar-refractivity contribution >= 4 is 12.4 Å². The first-order chi connectivity index (χ1) is 8.32. The van der Waals surface area contributed by atoms with E-state index in [0.29, 0.717) is 0 Å². The van der Waals surface area contributed by atoms with Crippen LogP contribution in [0.4, 0.5) is 0 Å². The summed E-state index contributed by atoms with van der Waals surface area (Å²) in [5.74, 6) is -0.264. The van der Waals surface area contributed by atoms with E-state index in [0.717, 1.165) is 0 Å². The zero-order valence-electron chi connectivity index (χ0n) is 14.2. The number of ether oxygens (including phenoxy) is 1. The van der Waals surface area contributed by atoms with Crippen LogP contribution in [0.25, 0.3) is 11.5 Å². The van der Waals surface area contributed by atoms with Crippen molar-refractivity contribution in [2.75, 3.05) is 6.54 Å². The first-order valence-corrected chi connectivity index (χ1v) is 5.88. The molecule has 6 heteroatoms. The van der Waals surface area contributed by atoms with Crippen LogP contribution in [0, 0.1) is 10.8 Å². The van der Waals surface area contributed by atoms with E-state index in [9.17, 15) is 4.79 Å². The van der Waals surface area contributed by atoms with Crippen molar-refractivity contribution in [3.63, 3.8) is 0 Å². The Bertz CT molecular complexity index is 281. The Kier molecular flexibility index (Phi) is 12.9. The Morgan fingerprint density at radius 1 is 1.26 bits per heavy atom. The SMILES string of the molecule is CC(C)(C)C(OC(=O)CC[NH-])C(C)(C)C.[3H]C([NH-])=O.[K+]. The van der Waals surface area contributed by atoms with Crippen LogP contribution in [0.2, 0.25) is 0 Å². The monoisotopic (exact) mass is 299 g/mol. The van der Waals surface area contributed by atoms with Gasteiger partial charge in [0.1, 0.15) is 6.10 Å². The zero-order chi connectivity index (χ0) is 15.9. The molecule has 0 bridgehead atoms. The van der Waals surface area contributed by atoms with Gasteiger partial charge in [-0.25, -0.2) is 0 Å². The van der Waals surface area contributed by atoms with Gasteiger partial charge in [-0.3, -0.25) is 4.79 Å². The van der Waals surface area contributed by atoms with Gasteiger partial charge < -0.3 is 21.0 Å². The quantitative estimate of drug-likeness (QED) is 0.435. The van der Waals surface area contributed by atoms with Crippen molar-refractivity contribution in [2.24, 2.45) is 10.8 Å². The predicted molar refractivity (Wildman–Crippen MR) is 73.0 cm³/mol. The molecule has 0 atom stereocenters. The fourth-order valence-electron chi connectivity index (χ4n) is 1.95. The number of esters is 1. The van der Waals surface area contributed by atoms with Crippen molar-refractivity contribution in [1.29, 1.82) is 0 Å². The van der Waals surface area contributed by atoms with Gasteiger partial charge in [-0.1, -0.05) is 41.5 Å². The average Bonchev–Trinajstić information content (AvgIpc) is 2.10. The predicted octanol–water partition coefficient (Wildman–Crippen LogP) is 0.632. The first-order valence-electron chi connectivity index (χ1n) is 6.38. The van der Waals surface area contributed by atoms with Crippen LogP contribution in [0.5, 0.6) is 0 Å². The molecular weight excluding hydrogens is 271 g/mol. The zero-order valence-corrected chi connectivity index (χ0v) is 16.3. The molecule has 5 nitrogen and oxygen atoms in total. The number of nitrogens with one attached hydrogen (secondary N) is 2. The molecular formula is C13H26KN2O3-. The van der Waals surface area contributed by atoms with Crippen LogP contribution in [-0.2, 0) is 14.3 Å². The van der Waals surface area contributed by atoms with Gasteiger partial charge in [0.05, 0.1) is 1.37 Å². The Labute approximate surface area is 161 Å². The fourth-order valence-corrected chi connectivity index (χ4v) is 1.95. The third-order valence-electron chi connectivity index (χ3n) is 2.15. The molecule has 0 aliphatic rings. The second-order valence-corrected chi connectivity index (χ2v) is 6.20. The molecule has 0 unspecified atom stereocenters. The van der Waals surface area contributed by atoms with Crippen LogP contribution >= 0.6 is 0 Å². The van der Waals surface area contributed by atoms with E-state index in [1.54, 1.807) is 0 Å². The van der Waals surface area contributed by atoms with Crippen molar-refractivity contribution in [3.05, 3.63) is 11.5 Å². The fraction of sp³-hybridized carbons (Fsp3) is 0.846. The minimum absolute atomic E-state index is 0. The molecule has 19 heavy (non-hydrogen) atoms. The molecule has 0 aliphatic carbocycles. The van der Waals surface area contributed by atoms with E-state index in [1.165, 1.54) is 0 Å². The number of rotatable bonds is 3. The molecule has 0 aromatic heterocycles. The van der Waals surface area contributed by atoms with Crippen LogP contribution in [0.1, 0.15) is 49.3 Å². The molecule has 0 heterocycles. The topological polar surface area (TPSA) is 91.0 Å². The van der Waals surface area contributed by atoms with Crippen molar-refractivity contribution in [1.82, 2.24) is 0 Å². The van der Waals surface area contributed by atoms with Gasteiger partial charge in [0, 0.05) is 12.8 Å². The van der Waals surface area contributed by atoms with Crippen molar-refractivity contribution in [2.45, 2.75) is 54.1 Å². The largest absolute Gasteiger partial charge is 1.00 e. The molecule has 0 aliphatic heterocycles. The molecule has 0 aromatic carbocycles. The Hall–Kier alpha value is 0.536. The summed E-state index contributed by atoms with van der Waals surface area (Å²) in [6.45, 7) is 12.5. The molecule has 0 aromatic rings. The molecule has 1 amide bonds. The number of carbonyl (C=O) groups is 2. The summed E-state index contributed by atoms with van der Waals surface area (Å²) < 4.78 is 11.1. The molecule has 0 rings (SSSR count). The normalized spacial score (nSPS) is 11.7. The van der Waals surface area contributed by atoms with Crippen molar-refractivity contribution in [3.8, 4) is 0 Å². The maximum absolute atomic E-state index is 11.4. The van der Waals surface area contributed by atoms with Crippen LogP contribution in [-0.4, -0.2) is 25.0 Å². The summed E-state index contributed by atoms with van der Waals surface area (Å²) in [5, 5.41) is 0. The summed E-state index contributed by atoms with van der Waals surface area (Å²) in [5.41, 5.74) is 12.5. The van der Waals surface area contributed by atoms with Crippen molar-refractivity contribution < 1.29 is 67.1 Å². The van der Waals surface area contributed by atoms with Crippen LogP contribution in [0.3, 0.4) is 0 Å². The first kappa shape index (κ1) is 21.8. The molecule has 0 saturated carbocycles. The Morgan fingerprint density at radius 2 is 1.58 bits per heavy atom. The smallest absolute Gasteiger partial charge is 0.677 e. The molecule has 0 radical (unpaired) electrons. The van der Waals surface area contributed by atoms with E-state index in [4.69, 9.17) is 22.4 Å². The maximum Gasteiger partial charge on any atom is 1.00 e. The summed E-state index contributed by atoms with van der Waals surface area (Å²) in [4.78, 5) is 20.2. The third-order valence-corrected chi connectivity index (χ3v) is 2.15. The molecule has 108 valence electrons. The second kappa shape index (κ2) is 11.2. The second-order valence-electron chi connectivity index (χ2n) is 6.20. The number of carbonyl (C=O) groups excluding carboxylic acids is 2. The van der Waals surface area contributed by atoms with Gasteiger partial charge in [-0.15, -0.1) is 6.54 Å². The molecule has 0 fully saturated rings. The number of hydrogen-bond donors (Lipinski definition) is 0. The molecule has 2 N–H and O–H groups in total. The van der Waals surface area contributed by atoms with E-state index < -0.39 is 6.39 Å². The van der Waals surface area contributed by atoms with Gasteiger partial charge in [-0.2, -0.15) is 0 Å². The number of amides is 1. The van der Waals surface area contributed by atoms with Gasteiger partial charge in [0.25, 0.3) is 0 Å². The summed E-state index contributed by atoms with van der Waals surface area (Å²) in [6, 6.07) is 0. The minimum Gasteiger partial charge on any atom is -0.677 e. The third kappa shape index (κ3) is 13.3. The van der Waals surface area contributed by atoms with Gasteiger partial charge in [0.15, 0.2) is 0 Å². The van der Waals surface area contributed by atoms with Gasteiger partial charge >= 0.3 is 57.4 Å². The minimum atomic E-state index is -1.33. The summed E-state index contributed by atoms with van der Waals surface area (Å²) in [7, 11) is 0. The van der Waals surface area contributed by atoms with Crippen LogP contribution in [0.15, 0.2) is 0 Å². The Morgan fingerprint density at radius 3 is 1.79 bits per heavy atom. The molecule has 0 spiro atoms. The summed E-state index contributed by atoms with van der Waals surface area (Å²) in [6.07, 6.45) is -1.27. The Balaban J connectivity index is -0.000000508. The van der Waals surface area contributed by atoms with Crippen LogP contribution < -0.4 is 51.4 Å². The van der Waals surface area contributed by atoms with E-state index in [2.05, 4.69) is 41.5 Å². The van der Waals surface area contributed by atoms with E-state index >= 15 is 0 Å². The van der Waals surface area contributed by atoms with Gasteiger partial charge in [-0.05, 0) is 10.8 Å². The van der Waals surface area contributed by atoms with E-state index in [-0.39, 0.29) is 87.3 Å².